The standard InChI is InChI=1S/C12H27N.C2H4O2.Na.H/c1-2-3-4-5-6-7-8-9-10-11-12-13;1-2(3)4;;/h2-13H2,1H3;1H3,(H,3,4);;. The Morgan fingerprint density at radius 2 is 1.17 bits per heavy atom. The summed E-state index contributed by atoms with van der Waals surface area (Å²) in [6.45, 7) is 4.23. The van der Waals surface area contributed by atoms with Crippen LogP contribution in [0.25, 0.3) is 0 Å². The first kappa shape index (κ1) is 23.5. The summed E-state index contributed by atoms with van der Waals surface area (Å²) in [5.74, 6) is -0.833. The number of carboxylic acids is 1. The van der Waals surface area contributed by atoms with Crippen LogP contribution >= 0.6 is 0 Å². The summed E-state index contributed by atoms with van der Waals surface area (Å²) in [4.78, 5) is 9.00. The van der Waals surface area contributed by atoms with Crippen molar-refractivity contribution in [1.82, 2.24) is 0 Å². The molecule has 0 radical (unpaired) electrons. The fourth-order valence-electron chi connectivity index (χ4n) is 1.63. The van der Waals surface area contributed by atoms with Gasteiger partial charge < -0.3 is 10.8 Å². The second-order valence-corrected chi connectivity index (χ2v) is 4.49. The minimum atomic E-state index is -0.833. The molecule has 106 valence electrons. The molecule has 0 unspecified atom stereocenters. The summed E-state index contributed by atoms with van der Waals surface area (Å²) >= 11 is 0. The molecule has 18 heavy (non-hydrogen) atoms. The summed E-state index contributed by atoms with van der Waals surface area (Å²) in [7, 11) is 0. The molecule has 0 aromatic rings. The van der Waals surface area contributed by atoms with Crippen molar-refractivity contribution in [2.45, 2.75) is 78.1 Å². The molecule has 0 heterocycles. The van der Waals surface area contributed by atoms with Crippen molar-refractivity contribution in [2.75, 3.05) is 6.54 Å². The first-order valence-electron chi connectivity index (χ1n) is 7.04. The molecule has 0 bridgehead atoms. The van der Waals surface area contributed by atoms with Gasteiger partial charge in [0, 0.05) is 6.92 Å². The number of hydrogen-bond donors (Lipinski definition) is 2. The van der Waals surface area contributed by atoms with E-state index < -0.39 is 5.97 Å². The Bertz CT molecular complexity index is 141. The van der Waals surface area contributed by atoms with Crippen molar-refractivity contribution in [1.29, 1.82) is 0 Å². The van der Waals surface area contributed by atoms with Gasteiger partial charge in [-0.15, -0.1) is 0 Å². The van der Waals surface area contributed by atoms with E-state index in [1.54, 1.807) is 0 Å². The summed E-state index contributed by atoms with van der Waals surface area (Å²) in [6, 6.07) is 0. The summed E-state index contributed by atoms with van der Waals surface area (Å²) in [5, 5.41) is 7.42. The van der Waals surface area contributed by atoms with Gasteiger partial charge in [-0.05, 0) is 13.0 Å². The van der Waals surface area contributed by atoms with Crippen molar-refractivity contribution in [3.8, 4) is 0 Å². The van der Waals surface area contributed by atoms with Gasteiger partial charge in [0.15, 0.2) is 0 Å². The fourth-order valence-corrected chi connectivity index (χ4v) is 1.63. The molecule has 0 aromatic carbocycles. The van der Waals surface area contributed by atoms with E-state index in [-0.39, 0.29) is 29.6 Å². The van der Waals surface area contributed by atoms with E-state index in [4.69, 9.17) is 15.6 Å². The van der Waals surface area contributed by atoms with Crippen LogP contribution < -0.4 is 5.73 Å². The van der Waals surface area contributed by atoms with E-state index in [1.807, 2.05) is 0 Å². The molecule has 0 amide bonds. The molecule has 0 saturated heterocycles. The number of carbonyl (C=O) groups is 1. The van der Waals surface area contributed by atoms with Gasteiger partial charge in [0.25, 0.3) is 5.97 Å². The number of hydrogen-bond acceptors (Lipinski definition) is 2. The van der Waals surface area contributed by atoms with E-state index in [0.29, 0.717) is 0 Å². The van der Waals surface area contributed by atoms with Gasteiger partial charge in [-0.3, -0.25) is 4.79 Å². The maximum absolute atomic E-state index is 9.00. The van der Waals surface area contributed by atoms with Gasteiger partial charge in [0.1, 0.15) is 0 Å². The van der Waals surface area contributed by atoms with E-state index in [2.05, 4.69) is 6.92 Å². The summed E-state index contributed by atoms with van der Waals surface area (Å²) < 4.78 is 0. The summed E-state index contributed by atoms with van der Waals surface area (Å²) in [6.07, 6.45) is 13.9. The van der Waals surface area contributed by atoms with Gasteiger partial charge in [-0.25, -0.2) is 0 Å². The second kappa shape index (κ2) is 22.6. The first-order chi connectivity index (χ1) is 8.15. The van der Waals surface area contributed by atoms with Crippen molar-refractivity contribution in [3.05, 3.63) is 0 Å². The predicted octanol–water partition coefficient (Wildman–Crippen LogP) is 3.31. The number of carboxylic acid groups (broad SMARTS) is 1. The van der Waals surface area contributed by atoms with Crippen LogP contribution in [0.5, 0.6) is 0 Å². The van der Waals surface area contributed by atoms with Crippen LogP contribution in [-0.2, 0) is 4.79 Å². The molecular formula is C14H32NNaO2. The predicted molar refractivity (Wildman–Crippen MR) is 81.4 cm³/mol. The van der Waals surface area contributed by atoms with Crippen LogP contribution in [0.4, 0.5) is 0 Å². The first-order valence-corrected chi connectivity index (χ1v) is 7.04. The SMILES string of the molecule is CC(=O)O.CCCCCCCCCCCCN.[NaH]. The third-order valence-electron chi connectivity index (χ3n) is 2.56. The Balaban J connectivity index is -0.000000392. The van der Waals surface area contributed by atoms with Gasteiger partial charge in [0.2, 0.25) is 0 Å². The third-order valence-corrected chi connectivity index (χ3v) is 2.56. The van der Waals surface area contributed by atoms with Crippen LogP contribution in [0.3, 0.4) is 0 Å². The zero-order valence-corrected chi connectivity index (χ0v) is 11.7. The maximum atomic E-state index is 9.00. The van der Waals surface area contributed by atoms with Crippen molar-refractivity contribution in [2.24, 2.45) is 5.73 Å². The fraction of sp³-hybridized carbons (Fsp3) is 0.929. The van der Waals surface area contributed by atoms with Gasteiger partial charge in [-0.2, -0.15) is 0 Å². The average molecular weight is 269 g/mol. The monoisotopic (exact) mass is 269 g/mol. The van der Waals surface area contributed by atoms with Crippen molar-refractivity contribution < 1.29 is 9.90 Å². The molecule has 0 fully saturated rings. The third kappa shape index (κ3) is 36.0. The molecule has 0 spiro atoms. The Morgan fingerprint density at radius 3 is 1.44 bits per heavy atom. The quantitative estimate of drug-likeness (QED) is 0.472. The zero-order chi connectivity index (χ0) is 13.4. The second-order valence-electron chi connectivity index (χ2n) is 4.49. The molecule has 0 aliphatic heterocycles. The van der Waals surface area contributed by atoms with E-state index in [1.165, 1.54) is 64.2 Å². The molecular weight excluding hydrogens is 237 g/mol. The molecule has 0 aliphatic carbocycles. The van der Waals surface area contributed by atoms with Crippen LogP contribution in [0.1, 0.15) is 78.1 Å². The summed E-state index contributed by atoms with van der Waals surface area (Å²) in [5.41, 5.74) is 5.42. The van der Waals surface area contributed by atoms with Crippen molar-refractivity contribution in [3.63, 3.8) is 0 Å². The number of aliphatic carboxylic acids is 1. The van der Waals surface area contributed by atoms with Crippen LogP contribution in [-0.4, -0.2) is 47.2 Å². The number of nitrogens with two attached hydrogens (primary N) is 1. The molecule has 0 aliphatic rings. The van der Waals surface area contributed by atoms with E-state index in [0.717, 1.165) is 13.5 Å². The zero-order valence-electron chi connectivity index (χ0n) is 11.7. The van der Waals surface area contributed by atoms with E-state index >= 15 is 0 Å². The van der Waals surface area contributed by atoms with Crippen molar-refractivity contribution >= 4 is 35.5 Å². The molecule has 0 aromatic heterocycles. The topological polar surface area (TPSA) is 63.3 Å². The van der Waals surface area contributed by atoms with Gasteiger partial charge >= 0.3 is 29.6 Å². The van der Waals surface area contributed by atoms with Crippen LogP contribution in [0.15, 0.2) is 0 Å². The van der Waals surface area contributed by atoms with Gasteiger partial charge in [0.05, 0.1) is 0 Å². The van der Waals surface area contributed by atoms with Gasteiger partial charge in [-0.1, -0.05) is 64.7 Å². The number of rotatable bonds is 10. The molecule has 4 heteroatoms. The Labute approximate surface area is 135 Å². The Hall–Kier alpha value is 0.430. The molecule has 0 atom stereocenters. The Morgan fingerprint density at radius 1 is 0.889 bits per heavy atom. The number of unbranched alkanes of at least 4 members (excludes halogenated alkanes) is 9. The van der Waals surface area contributed by atoms with Crippen LogP contribution in [0.2, 0.25) is 0 Å². The molecule has 0 saturated carbocycles. The molecule has 3 nitrogen and oxygen atoms in total. The molecule has 0 rings (SSSR count). The minimum absolute atomic E-state index is 0. The van der Waals surface area contributed by atoms with Crippen LogP contribution in [0, 0.1) is 0 Å². The Kier molecular flexibility index (Phi) is 29.5. The normalized spacial score (nSPS) is 9.06. The van der Waals surface area contributed by atoms with E-state index in [9.17, 15) is 0 Å². The molecule has 3 N–H and O–H groups in total. The average Bonchev–Trinajstić information content (AvgIpc) is 2.26.